The van der Waals surface area contributed by atoms with Crippen molar-refractivity contribution in [3.63, 3.8) is 0 Å². The molecule has 1 aliphatic heterocycles. The van der Waals surface area contributed by atoms with Crippen molar-refractivity contribution in [1.82, 2.24) is 5.43 Å². The second-order valence-corrected chi connectivity index (χ2v) is 10.9. The Bertz CT molecular complexity index is 1710. The van der Waals surface area contributed by atoms with Crippen molar-refractivity contribution in [2.45, 2.75) is 17.4 Å². The lowest BCUT2D eigenvalue weighted by Gasteiger charge is -2.52. The zero-order valence-corrected chi connectivity index (χ0v) is 22.4. The van der Waals surface area contributed by atoms with E-state index in [-0.39, 0.29) is 17.7 Å². The number of imide groups is 1. The average molecular weight is 562 g/mol. The number of aliphatic hydroxyl groups is 1. The summed E-state index contributed by atoms with van der Waals surface area (Å²) in [5.74, 6) is -3.24. The lowest BCUT2D eigenvalue weighted by Crippen LogP contribution is -2.54. The molecule has 1 heterocycles. The van der Waals surface area contributed by atoms with Crippen LogP contribution in [0.1, 0.15) is 39.8 Å². The molecule has 3 atom stereocenters. The molecule has 8 heteroatoms. The van der Waals surface area contributed by atoms with E-state index < -0.39 is 29.3 Å². The zero-order valence-electron chi connectivity index (χ0n) is 21.6. The first-order chi connectivity index (χ1) is 19.9. The van der Waals surface area contributed by atoms with Crippen LogP contribution < -0.4 is 10.3 Å². The average Bonchev–Trinajstić information content (AvgIpc) is 3.28. The molecule has 0 aromatic heterocycles. The fourth-order valence-corrected chi connectivity index (χ4v) is 7.19. The van der Waals surface area contributed by atoms with Crippen LogP contribution in [0.3, 0.4) is 0 Å². The number of anilines is 1. The third-order valence-corrected chi connectivity index (χ3v) is 8.90. The third-order valence-electron chi connectivity index (χ3n) is 8.58. The minimum Gasteiger partial charge on any atom is -0.378 e. The fourth-order valence-electron chi connectivity index (χ4n) is 6.97. The molecular formula is C33H24ClN3O4. The molecule has 4 aromatic rings. The van der Waals surface area contributed by atoms with Crippen LogP contribution in [-0.2, 0) is 19.8 Å². The molecular weight excluding hydrogens is 538 g/mol. The van der Waals surface area contributed by atoms with Crippen LogP contribution in [-0.4, -0.2) is 29.0 Å². The van der Waals surface area contributed by atoms with Crippen molar-refractivity contribution in [3.8, 4) is 0 Å². The molecule has 4 aromatic carbocycles. The van der Waals surface area contributed by atoms with Crippen molar-refractivity contribution in [1.29, 1.82) is 0 Å². The van der Waals surface area contributed by atoms with Gasteiger partial charge in [0, 0.05) is 12.1 Å². The minimum atomic E-state index is -1.43. The fraction of sp³-hybridized carbons (Fsp3) is 0.152. The summed E-state index contributed by atoms with van der Waals surface area (Å²) < 4.78 is 0. The summed E-state index contributed by atoms with van der Waals surface area (Å²) in [6.45, 7) is 0. The van der Waals surface area contributed by atoms with E-state index in [1.807, 2.05) is 48.5 Å². The largest absolute Gasteiger partial charge is 0.378 e. The first kappa shape index (κ1) is 25.4. The van der Waals surface area contributed by atoms with E-state index in [0.29, 0.717) is 16.3 Å². The Balaban J connectivity index is 1.38. The summed E-state index contributed by atoms with van der Waals surface area (Å²) in [6.07, 6.45) is 0.139. The highest BCUT2D eigenvalue weighted by Gasteiger charge is 2.68. The van der Waals surface area contributed by atoms with Crippen LogP contribution in [0.25, 0.3) is 0 Å². The van der Waals surface area contributed by atoms with Crippen molar-refractivity contribution in [2.75, 3.05) is 4.90 Å². The maximum atomic E-state index is 14.4. The maximum Gasteiger partial charge on any atom is 0.273 e. The van der Waals surface area contributed by atoms with Crippen LogP contribution in [0.2, 0.25) is 5.02 Å². The number of carbonyl (C=O) groups is 3. The van der Waals surface area contributed by atoms with Gasteiger partial charge in [0.2, 0.25) is 11.8 Å². The Morgan fingerprint density at radius 1 is 0.854 bits per heavy atom. The van der Waals surface area contributed by atoms with Crippen LogP contribution >= 0.6 is 11.6 Å². The number of carbonyl (C=O) groups excluding carboxylic acids is 3. The van der Waals surface area contributed by atoms with Crippen molar-refractivity contribution >= 4 is 41.2 Å². The highest BCUT2D eigenvalue weighted by molar-refractivity contribution is 6.36. The standard InChI is InChI=1S/C33H24ClN3O4/c34-24-16-8-9-17-25(24)37-31(40)27-26-20-12-4-6-14-22(20)33(28(27)32(37)41,23-15-7-5-13-21(23)26)18-35-36-30(39)29(38)19-10-2-1-3-11-19/h1-18,26-29,38H,(H,36,39)/b35-18-/t26?,27-,28-,29+,33?/m0/s1. The SMILES string of the molecule is O=C(N/N=C\C12c3ccccc3C(c3ccccc31)[C@@H]1C(=O)N(c3ccccc3Cl)C(=O)[C@H]12)[C@H](O)c1ccccc1. The van der Waals surface area contributed by atoms with Gasteiger partial charge in [0.05, 0.1) is 28.0 Å². The zero-order chi connectivity index (χ0) is 28.3. The topological polar surface area (TPSA) is 99.1 Å². The molecule has 4 aliphatic rings. The number of hydrazone groups is 1. The molecule has 7 nitrogen and oxygen atoms in total. The monoisotopic (exact) mass is 561 g/mol. The van der Waals surface area contributed by atoms with E-state index in [1.54, 1.807) is 60.8 Å². The van der Waals surface area contributed by atoms with Gasteiger partial charge in [-0.2, -0.15) is 5.10 Å². The number of rotatable bonds is 5. The van der Waals surface area contributed by atoms with Crippen LogP contribution in [0.5, 0.6) is 0 Å². The number of nitrogens with one attached hydrogen (secondary N) is 1. The highest BCUT2D eigenvalue weighted by Crippen LogP contribution is 2.63. The third kappa shape index (κ3) is 3.56. The Morgan fingerprint density at radius 3 is 2.10 bits per heavy atom. The van der Waals surface area contributed by atoms with Gasteiger partial charge in [-0.05, 0) is 39.9 Å². The van der Waals surface area contributed by atoms with Gasteiger partial charge in [-0.3, -0.25) is 14.4 Å². The normalized spacial score (nSPS) is 24.6. The van der Waals surface area contributed by atoms with Crippen LogP contribution in [0, 0.1) is 11.8 Å². The maximum absolute atomic E-state index is 14.4. The molecule has 0 unspecified atom stereocenters. The van der Waals surface area contributed by atoms with Gasteiger partial charge in [0.25, 0.3) is 5.91 Å². The van der Waals surface area contributed by atoms with E-state index in [4.69, 9.17) is 11.6 Å². The second-order valence-electron chi connectivity index (χ2n) is 10.5. The van der Waals surface area contributed by atoms with E-state index >= 15 is 0 Å². The Kier molecular flexibility index (Phi) is 5.89. The number of aliphatic hydroxyl groups excluding tert-OH is 1. The smallest absolute Gasteiger partial charge is 0.273 e. The second kappa shape index (κ2) is 9.51. The molecule has 2 N–H and O–H groups in total. The molecule has 1 saturated heterocycles. The van der Waals surface area contributed by atoms with Crippen LogP contribution in [0.4, 0.5) is 5.69 Å². The molecule has 3 amide bonds. The summed E-state index contributed by atoms with van der Waals surface area (Å²) in [5, 5.41) is 15.2. The summed E-state index contributed by atoms with van der Waals surface area (Å²) in [6, 6.07) is 30.9. The van der Waals surface area contributed by atoms with Gasteiger partial charge >= 0.3 is 0 Å². The quantitative estimate of drug-likeness (QED) is 0.209. The molecule has 0 saturated carbocycles. The first-order valence-corrected chi connectivity index (χ1v) is 13.7. The summed E-state index contributed by atoms with van der Waals surface area (Å²) in [4.78, 5) is 42.6. The number of nitrogens with zero attached hydrogens (tertiary/aromatic N) is 2. The lowest BCUT2D eigenvalue weighted by atomic mass is 9.47. The molecule has 0 radical (unpaired) electrons. The molecule has 41 heavy (non-hydrogen) atoms. The molecule has 8 rings (SSSR count). The molecule has 202 valence electrons. The molecule has 2 bridgehead atoms. The first-order valence-electron chi connectivity index (χ1n) is 13.3. The van der Waals surface area contributed by atoms with Gasteiger partial charge in [-0.1, -0.05) is 103 Å². The predicted octanol–water partition coefficient (Wildman–Crippen LogP) is 4.73. The predicted molar refractivity (Wildman–Crippen MR) is 154 cm³/mol. The lowest BCUT2D eigenvalue weighted by molar-refractivity contribution is -0.129. The Labute approximate surface area is 241 Å². The summed E-state index contributed by atoms with van der Waals surface area (Å²) in [7, 11) is 0. The number of benzene rings is 4. The number of hydrogen-bond acceptors (Lipinski definition) is 5. The van der Waals surface area contributed by atoms with E-state index in [2.05, 4.69) is 10.5 Å². The van der Waals surface area contributed by atoms with Gasteiger partial charge in [0.15, 0.2) is 6.10 Å². The van der Waals surface area contributed by atoms with Crippen molar-refractivity contribution in [3.05, 3.63) is 136 Å². The van der Waals surface area contributed by atoms with Crippen LogP contribution in [0.15, 0.2) is 108 Å². The van der Waals surface area contributed by atoms with E-state index in [1.165, 1.54) is 4.90 Å². The van der Waals surface area contributed by atoms with E-state index in [0.717, 1.165) is 22.3 Å². The highest BCUT2D eigenvalue weighted by atomic mass is 35.5. The summed E-state index contributed by atoms with van der Waals surface area (Å²) in [5.41, 5.74) is 5.69. The van der Waals surface area contributed by atoms with Gasteiger partial charge < -0.3 is 5.11 Å². The molecule has 1 fully saturated rings. The molecule has 3 aliphatic carbocycles. The Morgan fingerprint density at radius 2 is 1.44 bits per heavy atom. The van der Waals surface area contributed by atoms with Gasteiger partial charge in [-0.15, -0.1) is 0 Å². The Hall–Kier alpha value is -4.59. The summed E-state index contributed by atoms with van der Waals surface area (Å²) >= 11 is 6.49. The van der Waals surface area contributed by atoms with E-state index in [9.17, 15) is 19.5 Å². The van der Waals surface area contributed by atoms with Gasteiger partial charge in [-0.25, -0.2) is 10.3 Å². The minimum absolute atomic E-state index is 0.306. The molecule has 0 spiro atoms. The van der Waals surface area contributed by atoms with Gasteiger partial charge in [0.1, 0.15) is 0 Å². The number of halogens is 1. The van der Waals surface area contributed by atoms with Crippen molar-refractivity contribution < 1.29 is 19.5 Å². The number of para-hydroxylation sites is 1. The van der Waals surface area contributed by atoms with Crippen molar-refractivity contribution in [2.24, 2.45) is 16.9 Å². The number of amides is 3. The number of hydrogen-bond donors (Lipinski definition) is 2.